The van der Waals surface area contributed by atoms with Gasteiger partial charge in [0, 0.05) is 18.2 Å². The number of ether oxygens (including phenoxy) is 1. The molecule has 10 nitrogen and oxygen atoms in total. The molecule has 3 aromatic carbocycles. The minimum Gasteiger partial charge on any atom is -0.453 e. The van der Waals surface area contributed by atoms with Crippen molar-refractivity contribution in [2.75, 3.05) is 13.7 Å². The number of H-pyrrole nitrogens is 2. The minimum absolute atomic E-state index is 0.0823. The van der Waals surface area contributed by atoms with Crippen LogP contribution < -0.4 is 10.6 Å². The Morgan fingerprint density at radius 1 is 0.833 bits per heavy atom. The van der Waals surface area contributed by atoms with Gasteiger partial charge in [0.15, 0.2) is 0 Å². The zero-order chi connectivity index (χ0) is 33.4. The van der Waals surface area contributed by atoms with Crippen molar-refractivity contribution in [2.45, 2.75) is 70.6 Å². The fraction of sp³-hybridized carbons (Fsp3) is 0.368. The maximum atomic E-state index is 13.5. The predicted molar refractivity (Wildman–Crippen MR) is 187 cm³/mol. The SMILES string of the molecule is COC(=O)N[C@H](C(=O)N1CCC[C@H]1c1ncc(-c2ccc3cc(-c4ccc(-c5cnc([C@@H]6CC[C@H](C)N6)[nH]5)cc4)ccc3c2)[nH]1)C(C)C. The Balaban J connectivity index is 1.05. The molecule has 0 radical (unpaired) electrons. The largest absolute Gasteiger partial charge is 0.453 e. The number of hydrogen-bond acceptors (Lipinski definition) is 6. The average molecular weight is 646 g/mol. The molecular formula is C38H43N7O3. The third-order valence-corrected chi connectivity index (χ3v) is 9.82. The standard InChI is InChI=1S/C38H43N7O3/c1-22(2)34(44-38(47)48-4)37(46)45-17-5-6-33(45)36-40-21-32(43-36)29-15-14-27-18-26(12-13-28(27)19-29)24-8-10-25(11-9-24)31-20-39-35(42-31)30-16-7-23(3)41-30/h8-15,18-23,30,33-34,41H,5-7,16-17H2,1-4H3,(H,39,42)(H,40,43)(H,44,47)/t23-,30-,33-,34-/m0/s1. The molecule has 2 saturated heterocycles. The smallest absolute Gasteiger partial charge is 0.407 e. The number of carbonyl (C=O) groups excluding carboxylic acids is 2. The number of carbonyl (C=O) groups is 2. The lowest BCUT2D eigenvalue weighted by Gasteiger charge is -2.30. The van der Waals surface area contributed by atoms with E-state index in [4.69, 9.17) is 9.72 Å². The van der Waals surface area contributed by atoms with E-state index in [1.54, 1.807) is 0 Å². The molecule has 0 spiro atoms. The van der Waals surface area contributed by atoms with Crippen molar-refractivity contribution in [1.82, 2.24) is 35.5 Å². The van der Waals surface area contributed by atoms with Crippen molar-refractivity contribution >= 4 is 22.8 Å². The number of nitrogens with zero attached hydrogens (tertiary/aromatic N) is 3. The maximum Gasteiger partial charge on any atom is 0.407 e. The van der Waals surface area contributed by atoms with Crippen LogP contribution in [0.3, 0.4) is 0 Å². The Morgan fingerprint density at radius 2 is 1.46 bits per heavy atom. The van der Waals surface area contributed by atoms with Crippen molar-refractivity contribution in [1.29, 1.82) is 0 Å². The predicted octanol–water partition coefficient (Wildman–Crippen LogP) is 7.14. The summed E-state index contributed by atoms with van der Waals surface area (Å²) in [5, 5.41) is 8.60. The van der Waals surface area contributed by atoms with Crippen LogP contribution in [-0.2, 0) is 9.53 Å². The van der Waals surface area contributed by atoms with Crippen LogP contribution in [0.15, 0.2) is 73.1 Å². The van der Waals surface area contributed by atoms with Crippen LogP contribution in [0.25, 0.3) is 44.4 Å². The first-order chi connectivity index (χ1) is 23.3. The number of fused-ring (bicyclic) bond motifs is 1. The van der Waals surface area contributed by atoms with E-state index in [2.05, 4.69) is 93.2 Å². The molecule has 2 aliphatic heterocycles. The average Bonchev–Trinajstić information content (AvgIpc) is 3.93. The lowest BCUT2D eigenvalue weighted by Crippen LogP contribution is -2.51. The molecule has 4 N–H and O–H groups in total. The number of aromatic nitrogens is 4. The summed E-state index contributed by atoms with van der Waals surface area (Å²) in [7, 11) is 1.30. The van der Waals surface area contributed by atoms with Crippen molar-refractivity contribution in [3.8, 4) is 33.6 Å². The van der Waals surface area contributed by atoms with Crippen LogP contribution in [0.1, 0.15) is 70.2 Å². The normalized spacial score (nSPS) is 20.0. The first-order valence-electron chi connectivity index (χ1n) is 16.9. The molecule has 48 heavy (non-hydrogen) atoms. The molecule has 2 amide bonds. The Morgan fingerprint density at radius 3 is 2.15 bits per heavy atom. The van der Waals surface area contributed by atoms with Gasteiger partial charge >= 0.3 is 6.09 Å². The Hall–Kier alpha value is -4.96. The summed E-state index contributed by atoms with van der Waals surface area (Å²) in [6, 6.07) is 21.6. The molecule has 248 valence electrons. The van der Waals surface area contributed by atoms with Gasteiger partial charge in [0.25, 0.3) is 0 Å². The number of alkyl carbamates (subject to hydrolysis) is 1. The molecule has 10 heteroatoms. The van der Waals surface area contributed by atoms with Crippen molar-refractivity contribution in [3.63, 3.8) is 0 Å². The highest BCUT2D eigenvalue weighted by Crippen LogP contribution is 2.34. The van der Waals surface area contributed by atoms with E-state index in [0.717, 1.165) is 75.3 Å². The second-order valence-corrected chi connectivity index (χ2v) is 13.5. The van der Waals surface area contributed by atoms with Crippen molar-refractivity contribution in [3.05, 3.63) is 84.7 Å². The van der Waals surface area contributed by atoms with E-state index < -0.39 is 12.1 Å². The number of benzene rings is 3. The number of hydrogen-bond donors (Lipinski definition) is 4. The van der Waals surface area contributed by atoms with Gasteiger partial charge in [0.1, 0.15) is 17.7 Å². The number of aromatic amines is 2. The van der Waals surface area contributed by atoms with Crippen LogP contribution in [0.4, 0.5) is 4.79 Å². The minimum atomic E-state index is -0.663. The van der Waals surface area contributed by atoms with E-state index in [-0.39, 0.29) is 17.9 Å². The second-order valence-electron chi connectivity index (χ2n) is 13.5. The number of imidazole rings is 2. The molecule has 5 aromatic rings. The summed E-state index contributed by atoms with van der Waals surface area (Å²) in [6.45, 7) is 6.67. The van der Waals surface area contributed by atoms with E-state index in [0.29, 0.717) is 18.6 Å². The third-order valence-electron chi connectivity index (χ3n) is 9.82. The van der Waals surface area contributed by atoms with Gasteiger partial charge in [-0.25, -0.2) is 14.8 Å². The fourth-order valence-corrected chi connectivity index (χ4v) is 7.08. The lowest BCUT2D eigenvalue weighted by molar-refractivity contribution is -0.135. The molecule has 0 saturated carbocycles. The van der Waals surface area contributed by atoms with Crippen LogP contribution in [0.2, 0.25) is 0 Å². The van der Waals surface area contributed by atoms with Crippen molar-refractivity contribution < 1.29 is 14.3 Å². The summed E-state index contributed by atoms with van der Waals surface area (Å²) < 4.78 is 4.76. The maximum absolute atomic E-state index is 13.5. The number of amides is 2. The second kappa shape index (κ2) is 13.3. The highest BCUT2D eigenvalue weighted by molar-refractivity contribution is 5.91. The Kier molecular flexibility index (Phi) is 8.75. The molecule has 4 atom stereocenters. The highest BCUT2D eigenvalue weighted by atomic mass is 16.5. The quantitative estimate of drug-likeness (QED) is 0.142. The topological polar surface area (TPSA) is 128 Å². The number of likely N-dealkylation sites (tertiary alicyclic amines) is 1. The molecule has 0 bridgehead atoms. The van der Waals surface area contributed by atoms with Gasteiger partial charge in [0.2, 0.25) is 5.91 Å². The van der Waals surface area contributed by atoms with E-state index in [9.17, 15) is 9.59 Å². The van der Waals surface area contributed by atoms with Crippen LogP contribution in [0.5, 0.6) is 0 Å². The molecule has 2 fully saturated rings. The Labute approximate surface area is 280 Å². The molecular weight excluding hydrogens is 602 g/mol. The Bertz CT molecular complexity index is 1930. The molecule has 7 rings (SSSR count). The first kappa shape index (κ1) is 31.6. The summed E-state index contributed by atoms with van der Waals surface area (Å²) in [5.41, 5.74) is 6.41. The lowest BCUT2D eigenvalue weighted by atomic mass is 9.98. The molecule has 4 heterocycles. The van der Waals surface area contributed by atoms with Gasteiger partial charge in [0.05, 0.1) is 43.0 Å². The van der Waals surface area contributed by atoms with E-state index >= 15 is 0 Å². The van der Waals surface area contributed by atoms with Crippen LogP contribution in [-0.4, -0.2) is 62.6 Å². The summed E-state index contributed by atoms with van der Waals surface area (Å²) in [5.74, 6) is 1.57. The number of methoxy groups -OCH3 is 1. The van der Waals surface area contributed by atoms with E-state index in [1.165, 1.54) is 13.5 Å². The molecule has 0 aliphatic carbocycles. The van der Waals surface area contributed by atoms with Gasteiger partial charge in [-0.1, -0.05) is 62.4 Å². The third kappa shape index (κ3) is 6.32. The molecule has 2 aliphatic rings. The number of nitrogens with one attached hydrogen (secondary N) is 4. The van der Waals surface area contributed by atoms with Gasteiger partial charge in [-0.15, -0.1) is 0 Å². The van der Waals surface area contributed by atoms with Gasteiger partial charge < -0.3 is 30.2 Å². The summed E-state index contributed by atoms with van der Waals surface area (Å²) in [6.07, 6.45) is 7.13. The number of rotatable bonds is 8. The van der Waals surface area contributed by atoms with Gasteiger partial charge in [-0.05, 0) is 78.1 Å². The van der Waals surface area contributed by atoms with Crippen molar-refractivity contribution in [2.24, 2.45) is 5.92 Å². The van der Waals surface area contributed by atoms with Crippen LogP contribution in [0, 0.1) is 5.92 Å². The van der Waals surface area contributed by atoms with Crippen LogP contribution >= 0.6 is 0 Å². The van der Waals surface area contributed by atoms with Gasteiger partial charge in [-0.2, -0.15) is 0 Å². The first-order valence-corrected chi connectivity index (χ1v) is 16.9. The monoisotopic (exact) mass is 645 g/mol. The summed E-state index contributed by atoms with van der Waals surface area (Å²) >= 11 is 0. The van der Waals surface area contributed by atoms with E-state index in [1.807, 2.05) is 31.1 Å². The molecule has 2 aromatic heterocycles. The fourth-order valence-electron chi connectivity index (χ4n) is 7.08. The highest BCUT2D eigenvalue weighted by Gasteiger charge is 2.37. The zero-order valence-corrected chi connectivity index (χ0v) is 27.9. The zero-order valence-electron chi connectivity index (χ0n) is 27.9. The summed E-state index contributed by atoms with van der Waals surface area (Å²) in [4.78, 5) is 43.6. The molecule has 0 unspecified atom stereocenters. The van der Waals surface area contributed by atoms with Gasteiger partial charge in [-0.3, -0.25) is 4.79 Å².